The lowest BCUT2D eigenvalue weighted by atomic mass is 10.2. The molecule has 0 aliphatic heterocycles. The molecule has 8 nitrogen and oxygen atoms in total. The van der Waals surface area contributed by atoms with Gasteiger partial charge in [-0.25, -0.2) is 5.43 Å². The molecule has 0 fully saturated rings. The zero-order valence-corrected chi connectivity index (χ0v) is 12.7. The first kappa shape index (κ1) is 15.6. The van der Waals surface area contributed by atoms with Gasteiger partial charge in [-0.1, -0.05) is 12.1 Å². The fourth-order valence-corrected chi connectivity index (χ4v) is 2.64. The van der Waals surface area contributed by atoms with E-state index in [1.165, 1.54) is 18.4 Å². The Bertz CT molecular complexity index is 838. The maximum absolute atomic E-state index is 12.0. The van der Waals surface area contributed by atoms with Gasteiger partial charge in [-0.15, -0.1) is 0 Å². The number of nitro benzene ring substituents is 1. The van der Waals surface area contributed by atoms with Crippen LogP contribution in [0.2, 0.25) is 0 Å². The summed E-state index contributed by atoms with van der Waals surface area (Å²) in [6.45, 7) is 0. The summed E-state index contributed by atoms with van der Waals surface area (Å²) in [5.41, 5.74) is 5.22. The Morgan fingerprint density at radius 1 is 1.38 bits per heavy atom. The Kier molecular flexibility index (Phi) is 4.46. The lowest BCUT2D eigenvalue weighted by Gasteiger charge is -1.97. The first-order valence-electron chi connectivity index (χ1n) is 7.46. The van der Waals surface area contributed by atoms with Crippen molar-refractivity contribution in [1.29, 1.82) is 0 Å². The Balaban J connectivity index is 1.61. The largest absolute Gasteiger partial charge is 0.292 e. The minimum atomic E-state index is -0.448. The number of H-pyrrole nitrogens is 1. The van der Waals surface area contributed by atoms with E-state index in [4.69, 9.17) is 0 Å². The minimum absolute atomic E-state index is 0.0123. The molecule has 1 aliphatic carbocycles. The summed E-state index contributed by atoms with van der Waals surface area (Å²) in [7, 11) is 0. The molecule has 1 aromatic carbocycles. The van der Waals surface area contributed by atoms with Gasteiger partial charge in [-0.3, -0.25) is 20.0 Å². The second-order valence-corrected chi connectivity index (χ2v) is 5.28. The predicted octanol–water partition coefficient (Wildman–Crippen LogP) is 2.24. The van der Waals surface area contributed by atoms with E-state index in [0.29, 0.717) is 11.3 Å². The molecule has 0 bridgehead atoms. The van der Waals surface area contributed by atoms with Crippen molar-refractivity contribution >= 4 is 23.9 Å². The highest BCUT2D eigenvalue weighted by atomic mass is 16.6. The van der Waals surface area contributed by atoms with Gasteiger partial charge in [0, 0.05) is 23.5 Å². The second-order valence-electron chi connectivity index (χ2n) is 5.28. The molecule has 2 N–H and O–H groups in total. The molecule has 3 rings (SSSR count). The Hall–Kier alpha value is -3.29. The lowest BCUT2D eigenvalue weighted by Crippen LogP contribution is -2.19. The number of hydrogen-bond acceptors (Lipinski definition) is 5. The third kappa shape index (κ3) is 3.22. The number of allylic oxidation sites excluding steroid dienone is 1. The van der Waals surface area contributed by atoms with Gasteiger partial charge < -0.3 is 0 Å². The van der Waals surface area contributed by atoms with Crippen LogP contribution in [-0.2, 0) is 12.8 Å². The third-order valence-corrected chi connectivity index (χ3v) is 3.76. The van der Waals surface area contributed by atoms with Crippen molar-refractivity contribution < 1.29 is 9.72 Å². The fraction of sp³-hybridized carbons (Fsp3) is 0.188. The normalized spacial score (nSPS) is 13.5. The molecule has 24 heavy (non-hydrogen) atoms. The number of nitrogens with zero attached hydrogens (tertiary/aromatic N) is 3. The maximum Gasteiger partial charge on any atom is 0.292 e. The first-order chi connectivity index (χ1) is 11.7. The summed E-state index contributed by atoms with van der Waals surface area (Å²) in [6, 6.07) is 6.38. The van der Waals surface area contributed by atoms with Crippen molar-refractivity contribution in [2.24, 2.45) is 5.10 Å². The van der Waals surface area contributed by atoms with E-state index in [-0.39, 0.29) is 11.6 Å². The third-order valence-electron chi connectivity index (χ3n) is 3.76. The Morgan fingerprint density at radius 3 is 3.04 bits per heavy atom. The zero-order chi connectivity index (χ0) is 16.9. The van der Waals surface area contributed by atoms with Crippen LogP contribution in [0.3, 0.4) is 0 Å². The van der Waals surface area contributed by atoms with Crippen molar-refractivity contribution in [1.82, 2.24) is 15.6 Å². The average Bonchev–Trinajstić information content (AvgIpc) is 3.17. The van der Waals surface area contributed by atoms with E-state index < -0.39 is 4.92 Å². The molecule has 0 unspecified atom stereocenters. The maximum atomic E-state index is 12.0. The van der Waals surface area contributed by atoms with Crippen LogP contribution in [0.5, 0.6) is 0 Å². The van der Waals surface area contributed by atoms with Crippen LogP contribution in [0, 0.1) is 10.1 Å². The highest BCUT2D eigenvalue weighted by molar-refractivity contribution is 5.94. The number of fused-ring (bicyclic) bond motifs is 1. The number of benzene rings is 1. The standard InChI is InChI=1S/C16H15N5O3/c22-16(15-12-7-3-8-13(12)18-19-15)20-17-10-4-6-11-5-1-2-9-14(11)21(23)24/h1-2,4-6,9-10H,3,7-8H2,(H,18,19)(H,20,22). The average molecular weight is 325 g/mol. The van der Waals surface area contributed by atoms with Gasteiger partial charge in [0.1, 0.15) is 0 Å². The number of carbonyl (C=O) groups excluding carboxylic acids is 1. The second kappa shape index (κ2) is 6.86. The van der Waals surface area contributed by atoms with Crippen molar-refractivity contribution in [3.8, 4) is 0 Å². The number of para-hydroxylation sites is 1. The highest BCUT2D eigenvalue weighted by Crippen LogP contribution is 2.22. The monoisotopic (exact) mass is 325 g/mol. The molecule has 2 aromatic rings. The quantitative estimate of drug-likeness (QED) is 0.498. The van der Waals surface area contributed by atoms with Crippen molar-refractivity contribution in [2.45, 2.75) is 19.3 Å². The Morgan fingerprint density at radius 2 is 2.21 bits per heavy atom. The van der Waals surface area contributed by atoms with Gasteiger partial charge >= 0.3 is 0 Å². The van der Waals surface area contributed by atoms with Crippen LogP contribution < -0.4 is 5.43 Å². The molecule has 0 spiro atoms. The first-order valence-corrected chi connectivity index (χ1v) is 7.46. The van der Waals surface area contributed by atoms with Crippen LogP contribution in [-0.4, -0.2) is 27.2 Å². The van der Waals surface area contributed by atoms with Gasteiger partial charge in [-0.2, -0.15) is 10.2 Å². The fourth-order valence-electron chi connectivity index (χ4n) is 2.64. The Labute approximate surface area is 137 Å². The number of nitro groups is 1. The number of aryl methyl sites for hydroxylation is 1. The number of hydrazone groups is 1. The smallest absolute Gasteiger partial charge is 0.281 e. The summed E-state index contributed by atoms with van der Waals surface area (Å²) in [5, 5.41) is 21.6. The molecule has 0 atom stereocenters. The highest BCUT2D eigenvalue weighted by Gasteiger charge is 2.22. The predicted molar refractivity (Wildman–Crippen MR) is 88.7 cm³/mol. The topological polar surface area (TPSA) is 113 Å². The summed E-state index contributed by atoms with van der Waals surface area (Å²) in [4.78, 5) is 22.5. The molecule has 1 aromatic heterocycles. The van der Waals surface area contributed by atoms with E-state index in [2.05, 4.69) is 20.7 Å². The molecule has 122 valence electrons. The van der Waals surface area contributed by atoms with Gasteiger partial charge in [0.05, 0.1) is 10.5 Å². The molecule has 1 aliphatic rings. The SMILES string of the molecule is O=C(NN=CC=Cc1ccccc1[N+](=O)[O-])c1n[nH]c2c1CCC2. The van der Waals surface area contributed by atoms with Gasteiger partial charge in [-0.05, 0) is 37.5 Å². The molecule has 1 amide bonds. The van der Waals surface area contributed by atoms with Crippen molar-refractivity contribution in [3.05, 3.63) is 63.0 Å². The van der Waals surface area contributed by atoms with Crippen LogP contribution >= 0.6 is 0 Å². The van der Waals surface area contributed by atoms with Gasteiger partial charge in [0.25, 0.3) is 11.6 Å². The zero-order valence-electron chi connectivity index (χ0n) is 12.7. The van der Waals surface area contributed by atoms with E-state index in [1.807, 2.05) is 0 Å². The van der Waals surface area contributed by atoms with E-state index >= 15 is 0 Å². The van der Waals surface area contributed by atoms with Gasteiger partial charge in [0.2, 0.25) is 0 Å². The van der Waals surface area contributed by atoms with Crippen LogP contribution in [0.4, 0.5) is 5.69 Å². The number of amides is 1. The van der Waals surface area contributed by atoms with Crippen LogP contribution in [0.1, 0.15) is 33.7 Å². The number of aromatic nitrogens is 2. The number of rotatable bonds is 5. The van der Waals surface area contributed by atoms with Crippen molar-refractivity contribution in [3.63, 3.8) is 0 Å². The molecule has 8 heteroatoms. The number of carbonyl (C=O) groups is 1. The minimum Gasteiger partial charge on any atom is -0.281 e. The lowest BCUT2D eigenvalue weighted by molar-refractivity contribution is -0.385. The van der Waals surface area contributed by atoms with E-state index in [9.17, 15) is 14.9 Å². The molecular formula is C16H15N5O3. The van der Waals surface area contributed by atoms with Gasteiger partial charge in [0.15, 0.2) is 5.69 Å². The van der Waals surface area contributed by atoms with E-state index in [1.54, 1.807) is 24.3 Å². The number of aromatic amines is 1. The molecular weight excluding hydrogens is 310 g/mol. The number of nitrogens with one attached hydrogen (secondary N) is 2. The number of hydrogen-bond donors (Lipinski definition) is 2. The summed E-state index contributed by atoms with van der Waals surface area (Å²) in [6.07, 6.45) is 7.22. The molecule has 0 saturated carbocycles. The summed E-state index contributed by atoms with van der Waals surface area (Å²) < 4.78 is 0. The molecule has 1 heterocycles. The summed E-state index contributed by atoms with van der Waals surface area (Å²) in [5.74, 6) is -0.371. The van der Waals surface area contributed by atoms with Crippen molar-refractivity contribution in [2.75, 3.05) is 0 Å². The van der Waals surface area contributed by atoms with Crippen LogP contribution in [0.25, 0.3) is 6.08 Å². The molecule has 0 radical (unpaired) electrons. The van der Waals surface area contributed by atoms with Crippen LogP contribution in [0.15, 0.2) is 35.4 Å². The van der Waals surface area contributed by atoms with E-state index in [0.717, 1.165) is 30.5 Å². The summed E-state index contributed by atoms with van der Waals surface area (Å²) >= 11 is 0. The molecule has 0 saturated heterocycles.